The smallest absolute Gasteiger partial charge is 0.306 e. The van der Waals surface area contributed by atoms with E-state index in [1.165, 1.54) is 0 Å². The molecule has 14 heavy (non-hydrogen) atoms. The normalized spacial score (nSPS) is 14.2. The van der Waals surface area contributed by atoms with Crippen LogP contribution in [0.25, 0.3) is 0 Å². The summed E-state index contributed by atoms with van der Waals surface area (Å²) in [5.41, 5.74) is -2.11. The number of rotatable bonds is 2. The van der Waals surface area contributed by atoms with Crippen molar-refractivity contribution < 1.29 is 15.0 Å². The highest BCUT2D eigenvalue weighted by Gasteiger charge is 2.50. The van der Waals surface area contributed by atoms with Gasteiger partial charge in [0.1, 0.15) is 0 Å². The molecule has 0 fully saturated rings. The summed E-state index contributed by atoms with van der Waals surface area (Å²) in [4.78, 5) is 10.7. The predicted octanol–water partition coefficient (Wildman–Crippen LogP) is 2.28. The molecule has 3 nitrogen and oxygen atoms in total. The molecule has 0 unspecified atom stereocenters. The van der Waals surface area contributed by atoms with E-state index in [1.54, 1.807) is 0 Å². The van der Waals surface area contributed by atoms with Gasteiger partial charge >= 0.3 is 5.97 Å². The van der Waals surface area contributed by atoms with Crippen molar-refractivity contribution in [2.24, 2.45) is 10.8 Å². The molecule has 0 amide bonds. The van der Waals surface area contributed by atoms with Crippen LogP contribution in [0, 0.1) is 10.8 Å². The number of hydrogen-bond acceptors (Lipinski definition) is 2. The summed E-state index contributed by atoms with van der Waals surface area (Å²) < 4.78 is 0. The van der Waals surface area contributed by atoms with Crippen molar-refractivity contribution in [2.75, 3.05) is 0 Å². The SMILES string of the molecule is CC(C)(C)C(O)(CC(=O)O)C(C)(C)C. The van der Waals surface area contributed by atoms with Crippen LogP contribution in [0.15, 0.2) is 0 Å². The van der Waals surface area contributed by atoms with Crippen molar-refractivity contribution in [3.05, 3.63) is 0 Å². The molecule has 0 bridgehead atoms. The Balaban J connectivity index is 5.18. The number of aliphatic carboxylic acids is 1. The first-order chi connectivity index (χ1) is 5.92. The van der Waals surface area contributed by atoms with Crippen molar-refractivity contribution >= 4 is 5.97 Å². The molecule has 3 heteroatoms. The second-order valence-corrected chi connectivity index (χ2v) is 5.93. The molecule has 0 saturated carbocycles. The van der Waals surface area contributed by atoms with Crippen LogP contribution in [-0.2, 0) is 4.79 Å². The number of hydrogen-bond donors (Lipinski definition) is 2. The second kappa shape index (κ2) is 3.54. The molecule has 0 radical (unpaired) electrons. The first kappa shape index (κ1) is 13.4. The number of carbonyl (C=O) groups is 1. The molecule has 0 aliphatic heterocycles. The molecule has 2 N–H and O–H groups in total. The zero-order valence-electron chi connectivity index (χ0n) is 10.0. The molecule has 0 heterocycles. The van der Waals surface area contributed by atoms with E-state index in [9.17, 15) is 9.90 Å². The first-order valence-corrected chi connectivity index (χ1v) is 4.86. The Kier molecular flexibility index (Phi) is 3.39. The minimum absolute atomic E-state index is 0.222. The number of aliphatic hydroxyl groups is 1. The van der Waals surface area contributed by atoms with Crippen LogP contribution in [0.3, 0.4) is 0 Å². The standard InChI is InChI=1S/C11H22O3/c1-9(2,3)11(14,7-8(12)13)10(4,5)6/h14H,7H2,1-6H3,(H,12,13). The van der Waals surface area contributed by atoms with E-state index >= 15 is 0 Å². The Labute approximate surface area is 86.1 Å². The lowest BCUT2D eigenvalue weighted by molar-refractivity contribution is -0.168. The van der Waals surface area contributed by atoms with Crippen molar-refractivity contribution in [3.8, 4) is 0 Å². The molecule has 0 spiro atoms. The zero-order valence-corrected chi connectivity index (χ0v) is 10.0. The fourth-order valence-corrected chi connectivity index (χ4v) is 1.87. The van der Waals surface area contributed by atoms with Gasteiger partial charge in [0.2, 0.25) is 0 Å². The molecule has 0 aromatic carbocycles. The van der Waals surface area contributed by atoms with Gasteiger partial charge in [-0.2, -0.15) is 0 Å². The molecular formula is C11H22O3. The van der Waals surface area contributed by atoms with Crippen LogP contribution >= 0.6 is 0 Å². The van der Waals surface area contributed by atoms with Crippen molar-refractivity contribution in [1.82, 2.24) is 0 Å². The first-order valence-electron chi connectivity index (χ1n) is 4.86. The monoisotopic (exact) mass is 202 g/mol. The van der Waals surface area contributed by atoms with E-state index in [0.717, 1.165) is 0 Å². The average Bonchev–Trinajstić information content (AvgIpc) is 1.79. The summed E-state index contributed by atoms with van der Waals surface area (Å²) in [7, 11) is 0. The fraction of sp³-hybridized carbons (Fsp3) is 0.909. The second-order valence-electron chi connectivity index (χ2n) is 5.93. The summed E-state index contributed by atoms with van der Waals surface area (Å²) in [6.07, 6.45) is -0.222. The van der Waals surface area contributed by atoms with Crippen LogP contribution < -0.4 is 0 Å². The van der Waals surface area contributed by atoms with Crippen LogP contribution in [0.2, 0.25) is 0 Å². The van der Waals surface area contributed by atoms with E-state index in [4.69, 9.17) is 5.11 Å². The Morgan fingerprint density at radius 3 is 1.36 bits per heavy atom. The molecule has 84 valence electrons. The highest BCUT2D eigenvalue weighted by atomic mass is 16.4. The van der Waals surface area contributed by atoms with E-state index in [-0.39, 0.29) is 6.42 Å². The van der Waals surface area contributed by atoms with Crippen molar-refractivity contribution in [1.29, 1.82) is 0 Å². The van der Waals surface area contributed by atoms with E-state index in [0.29, 0.717) is 0 Å². The largest absolute Gasteiger partial charge is 0.481 e. The Morgan fingerprint density at radius 2 is 1.29 bits per heavy atom. The maximum absolute atomic E-state index is 10.7. The Morgan fingerprint density at radius 1 is 1.00 bits per heavy atom. The summed E-state index contributed by atoms with van der Waals surface area (Å²) in [6.45, 7) is 11.2. The van der Waals surface area contributed by atoms with Gasteiger partial charge in [-0.25, -0.2) is 0 Å². The number of carboxylic acids is 1. The third kappa shape index (κ3) is 2.47. The van der Waals surface area contributed by atoms with E-state index in [1.807, 2.05) is 41.5 Å². The lowest BCUT2D eigenvalue weighted by atomic mass is 9.61. The van der Waals surface area contributed by atoms with Crippen LogP contribution in [0.4, 0.5) is 0 Å². The van der Waals surface area contributed by atoms with Gasteiger partial charge in [0.05, 0.1) is 12.0 Å². The van der Waals surface area contributed by atoms with E-state index in [2.05, 4.69) is 0 Å². The van der Waals surface area contributed by atoms with Gasteiger partial charge in [-0.15, -0.1) is 0 Å². The molecule has 0 aliphatic carbocycles. The fourth-order valence-electron chi connectivity index (χ4n) is 1.87. The average molecular weight is 202 g/mol. The summed E-state index contributed by atoms with van der Waals surface area (Å²) in [5.74, 6) is -0.961. The van der Waals surface area contributed by atoms with Gasteiger partial charge in [-0.05, 0) is 10.8 Å². The van der Waals surface area contributed by atoms with Gasteiger partial charge in [0.15, 0.2) is 0 Å². The highest BCUT2D eigenvalue weighted by Crippen LogP contribution is 2.45. The van der Waals surface area contributed by atoms with Crippen LogP contribution in [-0.4, -0.2) is 21.8 Å². The lowest BCUT2D eigenvalue weighted by Gasteiger charge is -2.48. The van der Waals surface area contributed by atoms with Gasteiger partial charge in [0, 0.05) is 0 Å². The van der Waals surface area contributed by atoms with E-state index < -0.39 is 22.4 Å². The maximum Gasteiger partial charge on any atom is 0.306 e. The lowest BCUT2D eigenvalue weighted by Crippen LogP contribution is -2.54. The van der Waals surface area contributed by atoms with Crippen molar-refractivity contribution in [3.63, 3.8) is 0 Å². The van der Waals surface area contributed by atoms with Gasteiger partial charge in [-0.1, -0.05) is 41.5 Å². The van der Waals surface area contributed by atoms with Gasteiger partial charge in [-0.3, -0.25) is 4.79 Å². The predicted molar refractivity (Wildman–Crippen MR) is 56.1 cm³/mol. The van der Waals surface area contributed by atoms with Gasteiger partial charge < -0.3 is 10.2 Å². The van der Waals surface area contributed by atoms with Crippen molar-refractivity contribution in [2.45, 2.75) is 53.6 Å². The van der Waals surface area contributed by atoms with Crippen LogP contribution in [0.5, 0.6) is 0 Å². The Hall–Kier alpha value is -0.570. The topological polar surface area (TPSA) is 57.5 Å². The third-order valence-corrected chi connectivity index (χ3v) is 2.89. The third-order valence-electron chi connectivity index (χ3n) is 2.89. The van der Waals surface area contributed by atoms with Gasteiger partial charge in [0.25, 0.3) is 0 Å². The molecule has 0 rings (SSSR count). The minimum atomic E-state index is -1.20. The minimum Gasteiger partial charge on any atom is -0.481 e. The number of carboxylic acid groups (broad SMARTS) is 1. The molecule has 0 atom stereocenters. The Bertz CT molecular complexity index is 204. The maximum atomic E-state index is 10.7. The molecule has 0 saturated heterocycles. The summed E-state index contributed by atoms with van der Waals surface area (Å²) in [5, 5.41) is 19.3. The molecule has 0 aromatic rings. The molecular weight excluding hydrogens is 180 g/mol. The molecule has 0 aromatic heterocycles. The summed E-state index contributed by atoms with van der Waals surface area (Å²) in [6, 6.07) is 0. The van der Waals surface area contributed by atoms with Crippen LogP contribution in [0.1, 0.15) is 48.0 Å². The zero-order chi connectivity index (χ0) is 11.8. The quantitative estimate of drug-likeness (QED) is 0.722. The highest BCUT2D eigenvalue weighted by molar-refractivity contribution is 5.68. The summed E-state index contributed by atoms with van der Waals surface area (Å²) >= 11 is 0. The molecule has 0 aliphatic rings.